The number of hydrogen-bond donors (Lipinski definition) is 17. The Labute approximate surface area is 555 Å². The van der Waals surface area contributed by atoms with Gasteiger partial charge in [-0.25, -0.2) is 4.18 Å². The fourth-order valence-electron chi connectivity index (χ4n) is 17.2. The first-order valence-corrected chi connectivity index (χ1v) is 34.8. The lowest BCUT2D eigenvalue weighted by Crippen LogP contribution is -2.67. The van der Waals surface area contributed by atoms with Crippen molar-refractivity contribution in [2.24, 2.45) is 40.4 Å². The molecule has 9 fully saturated rings. The van der Waals surface area contributed by atoms with E-state index in [0.717, 1.165) is 5.57 Å². The van der Waals surface area contributed by atoms with Crippen LogP contribution in [0.3, 0.4) is 0 Å². The zero-order valence-electron chi connectivity index (χ0n) is 54.9. The quantitative estimate of drug-likeness (QED) is 0.0379. The highest BCUT2D eigenvalue weighted by atomic mass is 32.3. The zero-order valence-corrected chi connectivity index (χ0v) is 55.7. The van der Waals surface area contributed by atoms with Gasteiger partial charge in [0.15, 0.2) is 37.7 Å². The van der Waals surface area contributed by atoms with Crippen LogP contribution in [-0.2, 0) is 76.2 Å². The molecule has 96 heavy (non-hydrogen) atoms. The van der Waals surface area contributed by atoms with Crippen LogP contribution in [-0.4, -0.2) is 316 Å². The summed E-state index contributed by atoms with van der Waals surface area (Å²) in [5, 5.41) is 179. The van der Waals surface area contributed by atoms with Crippen LogP contribution in [0.1, 0.15) is 113 Å². The molecule has 10 aliphatic rings. The van der Waals surface area contributed by atoms with Crippen molar-refractivity contribution in [2.45, 2.75) is 309 Å². The maximum absolute atomic E-state index is 13.3. The fourth-order valence-corrected chi connectivity index (χ4v) is 17.8. The summed E-state index contributed by atoms with van der Waals surface area (Å²) in [5.41, 5.74) is -1.36. The first kappa shape index (κ1) is 76.8. The maximum Gasteiger partial charge on any atom is 0.397 e. The second kappa shape index (κ2) is 30.1. The van der Waals surface area contributed by atoms with E-state index in [4.69, 9.17) is 61.0 Å². The van der Waals surface area contributed by atoms with Crippen LogP contribution < -0.4 is 0 Å². The summed E-state index contributed by atoms with van der Waals surface area (Å²) in [6.07, 6.45) is -48.6. The van der Waals surface area contributed by atoms with Crippen molar-refractivity contribution in [1.82, 2.24) is 0 Å². The first-order chi connectivity index (χ1) is 44.9. The molecule has 4 aliphatic carbocycles. The van der Waals surface area contributed by atoms with E-state index in [1.54, 1.807) is 6.92 Å². The van der Waals surface area contributed by atoms with Crippen molar-refractivity contribution >= 4 is 16.2 Å². The Hall–Kier alpha value is -1.84. The van der Waals surface area contributed by atoms with Crippen LogP contribution in [0, 0.1) is 40.4 Å². The van der Waals surface area contributed by atoms with Gasteiger partial charge >= 0.3 is 10.4 Å². The number of aliphatic hydroxyl groups excluding tert-OH is 15. The molecule has 0 aromatic carbocycles. The molecule has 0 aromatic rings. The maximum atomic E-state index is 13.3. The van der Waals surface area contributed by atoms with Crippen LogP contribution in [0.25, 0.3) is 0 Å². The number of Topliss-reactive ketones (excluding diaryl/α,β-unsaturated/α-hetero) is 1. The zero-order chi connectivity index (χ0) is 70.3. The third-order valence-corrected chi connectivity index (χ3v) is 22.9. The minimum atomic E-state index is -4.92. The monoisotopic (exact) mass is 1410 g/mol. The number of carbonyl (C=O) groups is 1. The van der Waals surface area contributed by atoms with Gasteiger partial charge in [0, 0.05) is 12.8 Å². The number of carbonyl (C=O) groups excluding carboxylic acids is 1. The Balaban J connectivity index is 0.903. The molecule has 33 nitrogen and oxygen atoms in total. The molecular formula is C62H102O33S. The Morgan fingerprint density at radius 2 is 1.06 bits per heavy atom. The molecule has 3 unspecified atom stereocenters. The Bertz CT molecular complexity index is 2750. The van der Waals surface area contributed by atoms with Crippen molar-refractivity contribution < 1.29 is 160 Å². The third-order valence-electron chi connectivity index (χ3n) is 22.4. The van der Waals surface area contributed by atoms with E-state index in [1.807, 2.05) is 13.8 Å². The minimum Gasteiger partial charge on any atom is -0.394 e. The lowest BCUT2D eigenvalue weighted by atomic mass is 9.47. The SMILES string of the molecule is CC(C)CC(=O)C[C@](C)(O)[C@H]1CCC2C3C[C@H](O[C@@H]4O[C@H](C)[C@@H](O)[C@H](O[C@@H]5OC[C@@H](O[C@@H]6O[C@H](CO)[C@H](O)[C@H](O)[C@H]6O[C@@H]6O[C@H](C)[C@H](O)[C@H](O[C@@H]7O[C@H](CO)[C@H](O)[C@H](O)[C@H]7O)[C@H]6O)[C@H](O)[C@H]5O[C@@H]5O[C@H](C)[C@@H](O)[C@H](O)[C@H]5O)[C@H]4O)C4C[C@@H](OS(=O)(=O)O)CC[C@]4(C)C3=CC[C@@]21C. The molecule has 0 spiro atoms. The standard InChI is InChI=1S/C62H102O33S/c1-22(2)15-26(65)18-62(8,79)36-10-9-29-28-17-32(31-16-27(95-96(80,81)82)11-13-60(31,6)30(28)12-14-61(29,36)7)87-56-48(77)51(39(68)24(4)85-56)92-58-52(93-54-46(75)43(72)37(66)23(3)84-54)42(71)35(21-83-58)90-59-53(45(74)41(70)34(20-64)89-59)94-57-49(78)50(38(67)25(5)86-57)91-55-47(76)44(73)40(69)33(19-63)88-55/h12,22-25,27-29,31-59,63-64,66-79H,9-11,13-21H2,1-8H3,(H,80,81,82)/t23-,24-,25-,27+,28?,29?,31?,32+,33-,34-,35-,36+,37-,38+,39-,40+,41+,42+,43+,44+,45+,46-,47-,48-,49-,50+,51+,52-,53-,54+,55+,56+,57+,58+,59+,60-,61+,62+/m1/s1. The molecule has 34 heteroatoms. The van der Waals surface area contributed by atoms with Gasteiger partial charge in [0.25, 0.3) is 0 Å². The second-order valence-electron chi connectivity index (χ2n) is 29.5. The van der Waals surface area contributed by atoms with Gasteiger partial charge in [-0.2, -0.15) is 8.42 Å². The van der Waals surface area contributed by atoms with Crippen molar-refractivity contribution in [3.05, 3.63) is 11.6 Å². The number of hydrogen-bond acceptors (Lipinski definition) is 32. The van der Waals surface area contributed by atoms with Crippen molar-refractivity contribution in [3.8, 4) is 0 Å². The second-order valence-corrected chi connectivity index (χ2v) is 30.5. The summed E-state index contributed by atoms with van der Waals surface area (Å²) in [4.78, 5) is 13.3. The molecule has 554 valence electrons. The van der Waals surface area contributed by atoms with Gasteiger partial charge in [-0.3, -0.25) is 9.35 Å². The first-order valence-electron chi connectivity index (χ1n) is 33.4. The summed E-state index contributed by atoms with van der Waals surface area (Å²) in [5.74, 6) is -0.947. The Kier molecular flexibility index (Phi) is 24.1. The molecule has 0 radical (unpaired) electrons. The van der Waals surface area contributed by atoms with E-state index in [2.05, 4.69) is 19.9 Å². The largest absolute Gasteiger partial charge is 0.397 e. The third kappa shape index (κ3) is 15.2. The van der Waals surface area contributed by atoms with Crippen LogP contribution in [0.5, 0.6) is 0 Å². The van der Waals surface area contributed by atoms with Gasteiger partial charge in [0.1, 0.15) is 128 Å². The van der Waals surface area contributed by atoms with Crippen LogP contribution in [0.15, 0.2) is 11.6 Å². The molecule has 10 rings (SSSR count). The predicted molar refractivity (Wildman–Crippen MR) is 318 cm³/mol. The molecule has 38 atom stereocenters. The summed E-state index contributed by atoms with van der Waals surface area (Å²) in [7, 11) is -4.92. The smallest absolute Gasteiger partial charge is 0.394 e. The summed E-state index contributed by atoms with van der Waals surface area (Å²) < 4.78 is 112. The minimum absolute atomic E-state index is 0.00878. The highest BCUT2D eigenvalue weighted by Gasteiger charge is 2.64. The average Bonchev–Trinajstić information content (AvgIpc) is 1.29. The highest BCUT2D eigenvalue weighted by molar-refractivity contribution is 7.80. The van der Waals surface area contributed by atoms with Gasteiger partial charge in [0.2, 0.25) is 0 Å². The normalized spacial score (nSPS) is 51.6. The summed E-state index contributed by atoms with van der Waals surface area (Å²) >= 11 is 0. The van der Waals surface area contributed by atoms with Gasteiger partial charge < -0.3 is 139 Å². The van der Waals surface area contributed by atoms with E-state index in [-0.39, 0.29) is 48.7 Å². The van der Waals surface area contributed by atoms with Crippen LogP contribution in [0.4, 0.5) is 0 Å². The lowest BCUT2D eigenvalue weighted by molar-refractivity contribution is -0.402. The molecule has 6 aliphatic heterocycles. The van der Waals surface area contributed by atoms with Crippen molar-refractivity contribution in [3.63, 3.8) is 0 Å². The average molecular weight is 1410 g/mol. The topological polar surface area (TPSA) is 515 Å². The predicted octanol–water partition coefficient (Wildman–Crippen LogP) is -4.85. The highest BCUT2D eigenvalue weighted by Crippen LogP contribution is 2.67. The van der Waals surface area contributed by atoms with Gasteiger partial charge in [-0.1, -0.05) is 39.3 Å². The van der Waals surface area contributed by atoms with Gasteiger partial charge in [-0.15, -0.1) is 0 Å². The molecule has 0 amide bonds. The van der Waals surface area contributed by atoms with E-state index in [1.165, 1.54) is 20.8 Å². The van der Waals surface area contributed by atoms with Crippen molar-refractivity contribution in [1.29, 1.82) is 0 Å². The molecule has 6 saturated heterocycles. The van der Waals surface area contributed by atoms with Crippen LogP contribution >= 0.6 is 0 Å². The number of ketones is 1. The number of fused-ring (bicyclic) bond motifs is 5. The molecule has 0 bridgehead atoms. The fraction of sp³-hybridized carbons (Fsp3) is 0.952. The van der Waals surface area contributed by atoms with E-state index in [0.29, 0.717) is 38.5 Å². The van der Waals surface area contributed by atoms with Crippen molar-refractivity contribution in [2.75, 3.05) is 19.8 Å². The molecular weight excluding hydrogens is 1300 g/mol. The number of rotatable bonds is 21. The number of allylic oxidation sites excluding steroid dienone is 2. The number of ether oxygens (including phenoxy) is 12. The number of aliphatic hydroxyl groups is 16. The lowest BCUT2D eigenvalue weighted by Gasteiger charge is -2.60. The molecule has 3 saturated carbocycles. The Morgan fingerprint density at radius 3 is 1.64 bits per heavy atom. The molecule has 0 aromatic heterocycles. The van der Waals surface area contributed by atoms with E-state index >= 15 is 0 Å². The Morgan fingerprint density at radius 1 is 0.573 bits per heavy atom. The van der Waals surface area contributed by atoms with Gasteiger partial charge in [-0.05, 0) is 113 Å². The van der Waals surface area contributed by atoms with E-state index in [9.17, 15) is 99.5 Å². The molecule has 17 N–H and O–H groups in total. The summed E-state index contributed by atoms with van der Waals surface area (Å²) in [6.45, 7) is 11.4. The van der Waals surface area contributed by atoms with E-state index < -0.39 is 243 Å². The molecule has 6 heterocycles. The van der Waals surface area contributed by atoms with Crippen LogP contribution in [0.2, 0.25) is 0 Å². The summed E-state index contributed by atoms with van der Waals surface area (Å²) in [6, 6.07) is 0. The van der Waals surface area contributed by atoms with Gasteiger partial charge in [0.05, 0.1) is 55.9 Å².